The number of aromatic nitrogens is 2. The Morgan fingerprint density at radius 3 is 2.70 bits per heavy atom. The van der Waals surface area contributed by atoms with Gasteiger partial charge < -0.3 is 9.26 Å². The van der Waals surface area contributed by atoms with Crippen LogP contribution in [0.3, 0.4) is 0 Å². The zero-order chi connectivity index (χ0) is 16.4. The third-order valence-corrected chi connectivity index (χ3v) is 2.96. The first kappa shape index (κ1) is 15.4. The van der Waals surface area contributed by atoms with Crippen molar-refractivity contribution in [2.45, 2.75) is 6.18 Å². The lowest BCUT2D eigenvalue weighted by atomic mass is 10.2. The lowest BCUT2D eigenvalue weighted by Crippen LogP contribution is -2.04. The summed E-state index contributed by atoms with van der Waals surface area (Å²) in [5.41, 5.74) is 0.306. The predicted molar refractivity (Wildman–Crippen MR) is 75.1 cm³/mol. The summed E-state index contributed by atoms with van der Waals surface area (Å²) in [5.74, 6) is -0.849. The Hall–Kier alpha value is -2.54. The molecule has 3 aromatic rings. The molecule has 0 bridgehead atoms. The summed E-state index contributed by atoms with van der Waals surface area (Å²) in [6.07, 6.45) is -4.69. The van der Waals surface area contributed by atoms with Crippen molar-refractivity contribution in [3.05, 3.63) is 59.4 Å². The van der Waals surface area contributed by atoms with Crippen LogP contribution in [0.15, 0.2) is 47.0 Å². The van der Waals surface area contributed by atoms with Crippen molar-refractivity contribution in [1.29, 1.82) is 0 Å². The van der Waals surface area contributed by atoms with Crippen LogP contribution >= 0.6 is 11.6 Å². The molecule has 1 aromatic heterocycles. The van der Waals surface area contributed by atoms with E-state index in [1.807, 2.05) is 0 Å². The molecule has 0 atom stereocenters. The number of alkyl halides is 3. The Bertz CT molecular complexity index is 833. The summed E-state index contributed by atoms with van der Waals surface area (Å²) < 4.78 is 47.2. The van der Waals surface area contributed by atoms with E-state index in [1.165, 1.54) is 18.2 Å². The summed E-state index contributed by atoms with van der Waals surface area (Å²) in [6, 6.07) is 13.9. The van der Waals surface area contributed by atoms with Gasteiger partial charge in [-0.2, -0.15) is 18.2 Å². The molecule has 8 heteroatoms. The zero-order valence-corrected chi connectivity index (χ0v) is 12.0. The molecule has 1 radical (unpaired) electrons. The molecule has 0 spiro atoms. The van der Waals surface area contributed by atoms with Crippen LogP contribution in [0.1, 0.15) is 5.89 Å². The second kappa shape index (κ2) is 5.92. The Morgan fingerprint density at radius 1 is 1.17 bits per heavy atom. The molecule has 4 nitrogen and oxygen atoms in total. The van der Waals surface area contributed by atoms with Gasteiger partial charge in [-0.3, -0.25) is 0 Å². The summed E-state index contributed by atoms with van der Waals surface area (Å²) in [5, 5.41) is 3.81. The second-order valence-corrected chi connectivity index (χ2v) is 4.86. The molecule has 2 aromatic carbocycles. The predicted octanol–water partition coefficient (Wildman–Crippen LogP) is 5.00. The van der Waals surface area contributed by atoms with Gasteiger partial charge in [0, 0.05) is 16.7 Å². The Morgan fingerprint density at radius 2 is 2.00 bits per heavy atom. The monoisotopic (exact) mass is 339 g/mol. The van der Waals surface area contributed by atoms with Gasteiger partial charge in [0.15, 0.2) is 0 Å². The Balaban J connectivity index is 1.86. The van der Waals surface area contributed by atoms with E-state index in [4.69, 9.17) is 16.3 Å². The third-order valence-electron chi connectivity index (χ3n) is 2.73. The molecule has 1 heterocycles. The lowest BCUT2D eigenvalue weighted by molar-refractivity contribution is -0.159. The molecule has 0 aliphatic rings. The number of nitrogens with zero attached hydrogens (tertiary/aromatic N) is 2. The molecule has 0 saturated heterocycles. The Labute approximate surface area is 133 Å². The number of ether oxygens (including phenoxy) is 1. The number of hydrogen-bond donors (Lipinski definition) is 0. The summed E-state index contributed by atoms with van der Waals surface area (Å²) in [6.45, 7) is 0. The molecule has 117 valence electrons. The largest absolute Gasteiger partial charge is 0.471 e. The van der Waals surface area contributed by atoms with Crippen molar-refractivity contribution in [1.82, 2.24) is 10.1 Å². The Kier molecular flexibility index (Phi) is 3.96. The average molecular weight is 340 g/mol. The van der Waals surface area contributed by atoms with Crippen molar-refractivity contribution in [2.75, 3.05) is 0 Å². The maximum atomic E-state index is 12.5. The van der Waals surface area contributed by atoms with Gasteiger partial charge in [-0.1, -0.05) is 28.9 Å². The minimum atomic E-state index is -4.69. The van der Waals surface area contributed by atoms with Gasteiger partial charge in [0.25, 0.3) is 0 Å². The number of rotatable bonds is 3. The highest BCUT2D eigenvalue weighted by molar-refractivity contribution is 6.30. The molecule has 3 rings (SSSR count). The third kappa shape index (κ3) is 3.62. The lowest BCUT2D eigenvalue weighted by Gasteiger charge is -2.06. The molecular weight excluding hydrogens is 333 g/mol. The van der Waals surface area contributed by atoms with Crippen LogP contribution in [0.2, 0.25) is 5.02 Å². The molecule has 0 aliphatic carbocycles. The van der Waals surface area contributed by atoms with Gasteiger partial charge in [0.1, 0.15) is 11.5 Å². The van der Waals surface area contributed by atoms with Crippen LogP contribution < -0.4 is 4.74 Å². The number of benzene rings is 2. The molecule has 0 aliphatic heterocycles. The van der Waals surface area contributed by atoms with Gasteiger partial charge in [-0.05, 0) is 30.3 Å². The van der Waals surface area contributed by atoms with Gasteiger partial charge in [0.05, 0.1) is 0 Å². The highest BCUT2D eigenvalue weighted by Gasteiger charge is 2.38. The van der Waals surface area contributed by atoms with E-state index in [-0.39, 0.29) is 11.6 Å². The fourth-order valence-electron chi connectivity index (χ4n) is 1.76. The van der Waals surface area contributed by atoms with Crippen LogP contribution in [0.5, 0.6) is 11.5 Å². The summed E-state index contributed by atoms with van der Waals surface area (Å²) >= 11 is 5.85. The van der Waals surface area contributed by atoms with Gasteiger partial charge in [-0.25, -0.2) is 0 Å². The van der Waals surface area contributed by atoms with E-state index in [2.05, 4.69) is 20.7 Å². The van der Waals surface area contributed by atoms with E-state index in [1.54, 1.807) is 24.3 Å². The average Bonchev–Trinajstić information content (AvgIpc) is 2.97. The molecule has 0 amide bonds. The van der Waals surface area contributed by atoms with Crippen LogP contribution in [0, 0.1) is 6.07 Å². The maximum absolute atomic E-state index is 12.5. The van der Waals surface area contributed by atoms with Crippen molar-refractivity contribution in [2.24, 2.45) is 0 Å². The zero-order valence-electron chi connectivity index (χ0n) is 11.3. The summed E-state index contributed by atoms with van der Waals surface area (Å²) in [7, 11) is 0. The van der Waals surface area contributed by atoms with E-state index >= 15 is 0 Å². The smallest absolute Gasteiger partial charge is 0.457 e. The molecule has 23 heavy (non-hydrogen) atoms. The van der Waals surface area contributed by atoms with E-state index in [9.17, 15) is 13.2 Å². The van der Waals surface area contributed by atoms with Crippen molar-refractivity contribution in [3.63, 3.8) is 0 Å². The van der Waals surface area contributed by atoms with Crippen molar-refractivity contribution >= 4 is 11.6 Å². The van der Waals surface area contributed by atoms with Crippen LogP contribution in [0.4, 0.5) is 13.2 Å². The highest BCUT2D eigenvalue weighted by atomic mass is 35.5. The van der Waals surface area contributed by atoms with E-state index in [0.717, 1.165) is 0 Å². The van der Waals surface area contributed by atoms with Crippen LogP contribution in [-0.4, -0.2) is 10.1 Å². The number of halogens is 4. The van der Waals surface area contributed by atoms with E-state index < -0.39 is 12.1 Å². The standard InChI is InChI=1S/C15H7ClF3N2O2/c16-10-4-2-6-12(8-10)22-11-5-1-3-9(7-11)13-20-14(23-21-13)15(17,18)19/h1-4,6-8H. The van der Waals surface area contributed by atoms with Gasteiger partial charge in [-0.15, -0.1) is 0 Å². The minimum Gasteiger partial charge on any atom is -0.457 e. The first-order valence-corrected chi connectivity index (χ1v) is 6.66. The minimum absolute atomic E-state index is 0.192. The van der Waals surface area contributed by atoms with E-state index in [0.29, 0.717) is 16.3 Å². The summed E-state index contributed by atoms with van der Waals surface area (Å²) in [4.78, 5) is 3.32. The van der Waals surface area contributed by atoms with Gasteiger partial charge in [0.2, 0.25) is 5.82 Å². The van der Waals surface area contributed by atoms with Crippen molar-refractivity contribution in [3.8, 4) is 22.9 Å². The molecule has 0 N–H and O–H groups in total. The maximum Gasteiger partial charge on any atom is 0.471 e. The molecule has 0 unspecified atom stereocenters. The number of hydrogen-bond acceptors (Lipinski definition) is 4. The normalized spacial score (nSPS) is 11.5. The fraction of sp³-hybridized carbons (Fsp3) is 0.0667. The fourth-order valence-corrected chi connectivity index (χ4v) is 1.94. The topological polar surface area (TPSA) is 48.2 Å². The molecule has 0 saturated carbocycles. The van der Waals surface area contributed by atoms with Crippen molar-refractivity contribution < 1.29 is 22.4 Å². The highest BCUT2D eigenvalue weighted by Crippen LogP contribution is 2.31. The first-order valence-electron chi connectivity index (χ1n) is 6.28. The molecular formula is C15H7ClF3N2O2. The van der Waals surface area contributed by atoms with Crippen LogP contribution in [-0.2, 0) is 6.18 Å². The SMILES string of the molecule is FC(F)(F)c1nc(-c2cc[c]c(Oc3cccc(Cl)c3)c2)no1. The first-order chi connectivity index (χ1) is 10.9. The van der Waals surface area contributed by atoms with Gasteiger partial charge >= 0.3 is 12.1 Å². The second-order valence-electron chi connectivity index (χ2n) is 4.42. The molecule has 0 fully saturated rings. The quantitative estimate of drug-likeness (QED) is 0.673. The van der Waals surface area contributed by atoms with Crippen LogP contribution in [0.25, 0.3) is 11.4 Å².